The van der Waals surface area contributed by atoms with Crippen molar-refractivity contribution in [1.82, 2.24) is 0 Å². The van der Waals surface area contributed by atoms with Crippen LogP contribution in [-0.2, 0) is 19.1 Å². The molecule has 0 aromatic heterocycles. The highest BCUT2D eigenvalue weighted by molar-refractivity contribution is 5.91. The lowest BCUT2D eigenvalue weighted by Gasteiger charge is -2.34. The Labute approximate surface area is 95.6 Å². The fraction of sp³-hybridized carbons (Fsp3) is 0.667. The fourth-order valence-electron chi connectivity index (χ4n) is 1.47. The average Bonchev–Trinajstić information content (AvgIpc) is 2.24. The van der Waals surface area contributed by atoms with Crippen LogP contribution in [-0.4, -0.2) is 23.5 Å². The molecule has 16 heavy (non-hydrogen) atoms. The molecule has 4 heteroatoms. The lowest BCUT2D eigenvalue weighted by atomic mass is 9.75. The Morgan fingerprint density at radius 1 is 1.38 bits per heavy atom. The van der Waals surface area contributed by atoms with Crippen LogP contribution < -0.4 is 0 Å². The van der Waals surface area contributed by atoms with Crippen LogP contribution in [0.2, 0.25) is 0 Å². The Morgan fingerprint density at radius 3 is 2.19 bits per heavy atom. The number of carbonyl (C=O) groups is 2. The standard InChI is InChI=1S/C12H18O4/c1-7(13)8(2)15-9-10(14)16-12(5,6)11(9,3)4/h9H,2H2,1,3-6H3. The Morgan fingerprint density at radius 2 is 1.88 bits per heavy atom. The van der Waals surface area contributed by atoms with Crippen LogP contribution in [0.3, 0.4) is 0 Å². The van der Waals surface area contributed by atoms with E-state index in [1.807, 2.05) is 27.7 Å². The second kappa shape index (κ2) is 3.61. The van der Waals surface area contributed by atoms with Gasteiger partial charge >= 0.3 is 5.97 Å². The van der Waals surface area contributed by atoms with Crippen LogP contribution in [0.4, 0.5) is 0 Å². The van der Waals surface area contributed by atoms with Gasteiger partial charge in [0.25, 0.3) is 0 Å². The maximum Gasteiger partial charge on any atom is 0.348 e. The Hall–Kier alpha value is -1.32. The van der Waals surface area contributed by atoms with E-state index in [4.69, 9.17) is 9.47 Å². The van der Waals surface area contributed by atoms with Crippen molar-refractivity contribution in [2.24, 2.45) is 5.41 Å². The molecule has 1 aliphatic rings. The van der Waals surface area contributed by atoms with E-state index in [1.165, 1.54) is 6.92 Å². The quantitative estimate of drug-likeness (QED) is 0.418. The molecule has 0 N–H and O–H groups in total. The number of hydrogen-bond acceptors (Lipinski definition) is 4. The molecule has 4 nitrogen and oxygen atoms in total. The van der Waals surface area contributed by atoms with E-state index < -0.39 is 23.1 Å². The van der Waals surface area contributed by atoms with Crippen molar-refractivity contribution in [2.45, 2.75) is 46.3 Å². The van der Waals surface area contributed by atoms with Crippen LogP contribution in [0.5, 0.6) is 0 Å². The summed E-state index contributed by atoms with van der Waals surface area (Å²) in [6.07, 6.45) is -0.779. The minimum atomic E-state index is -0.779. The van der Waals surface area contributed by atoms with Gasteiger partial charge in [0.15, 0.2) is 11.5 Å². The summed E-state index contributed by atoms with van der Waals surface area (Å²) in [6, 6.07) is 0. The van der Waals surface area contributed by atoms with Gasteiger partial charge in [0.05, 0.1) is 5.41 Å². The highest BCUT2D eigenvalue weighted by Crippen LogP contribution is 2.45. The summed E-state index contributed by atoms with van der Waals surface area (Å²) in [4.78, 5) is 22.7. The van der Waals surface area contributed by atoms with Gasteiger partial charge in [0.2, 0.25) is 6.10 Å². The van der Waals surface area contributed by atoms with E-state index in [0.29, 0.717) is 0 Å². The second-order valence-corrected chi connectivity index (χ2v) is 5.13. The lowest BCUT2D eigenvalue weighted by molar-refractivity contribution is -0.151. The molecule has 0 spiro atoms. The zero-order valence-electron chi connectivity index (χ0n) is 10.4. The predicted octanol–water partition coefficient (Wildman–Crippen LogP) is 1.84. The van der Waals surface area contributed by atoms with Crippen molar-refractivity contribution in [3.8, 4) is 0 Å². The SMILES string of the molecule is C=C(OC1C(=O)OC(C)(C)C1(C)C)C(C)=O. The van der Waals surface area contributed by atoms with E-state index >= 15 is 0 Å². The zero-order chi connectivity index (χ0) is 12.7. The predicted molar refractivity (Wildman–Crippen MR) is 58.6 cm³/mol. The maximum absolute atomic E-state index is 11.7. The van der Waals surface area contributed by atoms with Crippen molar-refractivity contribution in [3.05, 3.63) is 12.3 Å². The first kappa shape index (κ1) is 12.7. The number of hydrogen-bond donors (Lipinski definition) is 0. The Kier molecular flexibility index (Phi) is 2.88. The van der Waals surface area contributed by atoms with Gasteiger partial charge < -0.3 is 9.47 Å². The number of carbonyl (C=O) groups excluding carboxylic acids is 2. The van der Waals surface area contributed by atoms with Crippen molar-refractivity contribution in [2.75, 3.05) is 0 Å². The number of rotatable bonds is 3. The van der Waals surface area contributed by atoms with Gasteiger partial charge in [-0.2, -0.15) is 0 Å². The molecule has 1 aliphatic heterocycles. The third-order valence-electron chi connectivity index (χ3n) is 3.43. The van der Waals surface area contributed by atoms with Gasteiger partial charge in [0.1, 0.15) is 5.60 Å². The molecule has 1 rings (SSSR count). The third-order valence-corrected chi connectivity index (χ3v) is 3.43. The van der Waals surface area contributed by atoms with E-state index in [0.717, 1.165) is 0 Å². The molecule has 0 aliphatic carbocycles. The third kappa shape index (κ3) is 1.84. The molecule has 1 unspecified atom stereocenters. The molecule has 1 fully saturated rings. The summed E-state index contributed by atoms with van der Waals surface area (Å²) in [7, 11) is 0. The van der Waals surface area contributed by atoms with Crippen LogP contribution in [0.25, 0.3) is 0 Å². The number of cyclic esters (lactones) is 1. The molecule has 1 saturated heterocycles. The molecule has 0 radical (unpaired) electrons. The molecule has 0 aromatic rings. The first-order chi connectivity index (χ1) is 7.09. The Bertz CT molecular complexity index is 352. The Balaban J connectivity index is 2.93. The number of ketones is 1. The molecule has 0 aromatic carbocycles. The van der Waals surface area contributed by atoms with E-state index in [2.05, 4.69) is 6.58 Å². The fourth-order valence-corrected chi connectivity index (χ4v) is 1.47. The highest BCUT2D eigenvalue weighted by atomic mass is 16.6. The van der Waals surface area contributed by atoms with Crippen molar-refractivity contribution in [1.29, 1.82) is 0 Å². The second-order valence-electron chi connectivity index (χ2n) is 5.13. The smallest absolute Gasteiger partial charge is 0.348 e. The maximum atomic E-state index is 11.7. The van der Waals surface area contributed by atoms with Crippen LogP contribution in [0, 0.1) is 5.41 Å². The van der Waals surface area contributed by atoms with Crippen molar-refractivity contribution >= 4 is 11.8 Å². The summed E-state index contributed by atoms with van der Waals surface area (Å²) < 4.78 is 10.6. The van der Waals surface area contributed by atoms with Gasteiger partial charge in [-0.1, -0.05) is 20.4 Å². The summed E-state index contributed by atoms with van der Waals surface area (Å²) in [6.45, 7) is 12.2. The van der Waals surface area contributed by atoms with E-state index in [-0.39, 0.29) is 11.5 Å². The normalized spacial score (nSPS) is 26.1. The van der Waals surface area contributed by atoms with Crippen LogP contribution in [0.1, 0.15) is 34.6 Å². The van der Waals surface area contributed by atoms with Gasteiger partial charge in [0, 0.05) is 6.92 Å². The number of Topliss-reactive ketones (excluding diaryl/α,β-unsaturated/α-hetero) is 1. The van der Waals surface area contributed by atoms with Crippen molar-refractivity contribution in [3.63, 3.8) is 0 Å². The largest absolute Gasteiger partial charge is 0.475 e. The summed E-state index contributed by atoms with van der Waals surface area (Å²) in [5, 5.41) is 0. The summed E-state index contributed by atoms with van der Waals surface area (Å²) >= 11 is 0. The topological polar surface area (TPSA) is 52.6 Å². The van der Waals surface area contributed by atoms with Gasteiger partial charge in [-0.05, 0) is 13.8 Å². The van der Waals surface area contributed by atoms with E-state index in [9.17, 15) is 9.59 Å². The number of ether oxygens (including phenoxy) is 2. The highest BCUT2D eigenvalue weighted by Gasteiger charge is 2.58. The lowest BCUT2D eigenvalue weighted by Crippen LogP contribution is -2.42. The number of esters is 1. The molecule has 0 saturated carbocycles. The molecule has 1 atom stereocenters. The molecular formula is C12H18O4. The first-order valence-corrected chi connectivity index (χ1v) is 5.19. The molecular weight excluding hydrogens is 208 g/mol. The van der Waals surface area contributed by atoms with Gasteiger partial charge in [-0.25, -0.2) is 4.79 Å². The van der Waals surface area contributed by atoms with Crippen LogP contribution in [0.15, 0.2) is 12.3 Å². The average molecular weight is 226 g/mol. The number of allylic oxidation sites excluding steroid dienone is 1. The first-order valence-electron chi connectivity index (χ1n) is 5.19. The molecule has 0 amide bonds. The van der Waals surface area contributed by atoms with Gasteiger partial charge in [-0.15, -0.1) is 0 Å². The monoisotopic (exact) mass is 226 g/mol. The zero-order valence-corrected chi connectivity index (χ0v) is 10.4. The summed E-state index contributed by atoms with van der Waals surface area (Å²) in [5.41, 5.74) is -1.13. The molecule has 0 bridgehead atoms. The van der Waals surface area contributed by atoms with Gasteiger partial charge in [-0.3, -0.25) is 4.79 Å². The summed E-state index contributed by atoms with van der Waals surface area (Å²) in [5.74, 6) is -0.738. The minimum Gasteiger partial charge on any atom is -0.475 e. The van der Waals surface area contributed by atoms with Crippen LogP contribution >= 0.6 is 0 Å². The minimum absolute atomic E-state index is 0.00674. The van der Waals surface area contributed by atoms with Crippen molar-refractivity contribution < 1.29 is 19.1 Å². The van der Waals surface area contributed by atoms with E-state index in [1.54, 1.807) is 0 Å². The molecule has 90 valence electrons. The molecule has 1 heterocycles.